The first kappa shape index (κ1) is 26.6. The highest BCUT2D eigenvalue weighted by atomic mass is 127. The highest BCUT2D eigenvalue weighted by molar-refractivity contribution is 14.0. The lowest BCUT2D eigenvalue weighted by atomic mass is 10.1. The first-order valence-electron chi connectivity index (χ1n) is 9.33. The molecule has 0 aliphatic carbocycles. The first-order chi connectivity index (χ1) is 12.8. The Bertz CT molecular complexity index is 603. The fourth-order valence-corrected chi connectivity index (χ4v) is 2.31. The third-order valence-corrected chi connectivity index (χ3v) is 3.45. The summed E-state index contributed by atoms with van der Waals surface area (Å²) in [6.45, 7) is 11.1. The van der Waals surface area contributed by atoms with Gasteiger partial charge in [-0.3, -0.25) is 9.79 Å². The molecule has 0 saturated carbocycles. The van der Waals surface area contributed by atoms with Gasteiger partial charge in [0.05, 0.1) is 26.4 Å². The maximum atomic E-state index is 11.9. The summed E-state index contributed by atoms with van der Waals surface area (Å²) in [5, 5.41) is 9.14. The number of carbonyl (C=O) groups is 1. The molecule has 1 aromatic carbocycles. The van der Waals surface area contributed by atoms with Crippen molar-refractivity contribution in [2.75, 3.05) is 33.4 Å². The van der Waals surface area contributed by atoms with Crippen molar-refractivity contribution in [3.05, 3.63) is 35.4 Å². The quantitative estimate of drug-likeness (QED) is 0.197. The first-order valence-corrected chi connectivity index (χ1v) is 9.33. The van der Waals surface area contributed by atoms with Crippen molar-refractivity contribution in [2.45, 2.75) is 46.4 Å². The van der Waals surface area contributed by atoms with Gasteiger partial charge in [0.2, 0.25) is 5.91 Å². The van der Waals surface area contributed by atoms with E-state index in [0.717, 1.165) is 11.1 Å². The van der Waals surface area contributed by atoms with Gasteiger partial charge in [0.1, 0.15) is 0 Å². The molecule has 7 nitrogen and oxygen atoms in total. The zero-order chi connectivity index (χ0) is 20.1. The lowest BCUT2D eigenvalue weighted by Gasteiger charge is -2.21. The van der Waals surface area contributed by atoms with Crippen LogP contribution in [0.3, 0.4) is 0 Å². The Hall–Kier alpha value is -1.39. The van der Waals surface area contributed by atoms with Crippen LogP contribution in [0.2, 0.25) is 0 Å². The molecule has 1 aromatic rings. The highest BCUT2D eigenvalue weighted by Gasteiger charge is 2.13. The van der Waals surface area contributed by atoms with E-state index in [0.29, 0.717) is 38.9 Å². The van der Waals surface area contributed by atoms with Gasteiger partial charge in [-0.15, -0.1) is 24.0 Å². The molecule has 0 unspecified atom stereocenters. The Morgan fingerprint density at radius 3 is 2.43 bits per heavy atom. The average molecular weight is 506 g/mol. The minimum atomic E-state index is -0.249. The molecule has 160 valence electrons. The number of hydrogen-bond acceptors (Lipinski definition) is 4. The van der Waals surface area contributed by atoms with Gasteiger partial charge in [-0.2, -0.15) is 0 Å². The van der Waals surface area contributed by atoms with Crippen molar-refractivity contribution in [2.24, 2.45) is 4.99 Å². The summed E-state index contributed by atoms with van der Waals surface area (Å²) in [4.78, 5) is 16.0. The number of carbonyl (C=O) groups excluding carboxylic acids is 1. The average Bonchev–Trinajstić information content (AvgIpc) is 2.60. The molecule has 0 spiro atoms. The van der Waals surface area contributed by atoms with Gasteiger partial charge >= 0.3 is 0 Å². The van der Waals surface area contributed by atoms with E-state index < -0.39 is 0 Å². The van der Waals surface area contributed by atoms with Gasteiger partial charge in [0.15, 0.2) is 5.96 Å². The summed E-state index contributed by atoms with van der Waals surface area (Å²) in [7, 11) is 1.68. The third-order valence-electron chi connectivity index (χ3n) is 3.45. The van der Waals surface area contributed by atoms with Gasteiger partial charge in [-0.1, -0.05) is 24.3 Å². The molecule has 0 aliphatic heterocycles. The van der Waals surface area contributed by atoms with Crippen LogP contribution in [-0.2, 0) is 27.4 Å². The van der Waals surface area contributed by atoms with Crippen LogP contribution in [0.5, 0.6) is 0 Å². The number of rotatable bonds is 10. The fraction of sp³-hybridized carbons (Fsp3) is 0.600. The number of hydrogen-bond donors (Lipinski definition) is 3. The van der Waals surface area contributed by atoms with Gasteiger partial charge in [-0.25, -0.2) is 0 Å². The van der Waals surface area contributed by atoms with E-state index in [1.54, 1.807) is 7.05 Å². The maximum Gasteiger partial charge on any atom is 0.239 e. The topological polar surface area (TPSA) is 84.0 Å². The Morgan fingerprint density at radius 2 is 1.79 bits per heavy atom. The summed E-state index contributed by atoms with van der Waals surface area (Å²) in [5.41, 5.74) is 1.97. The summed E-state index contributed by atoms with van der Waals surface area (Å²) < 4.78 is 10.9. The zero-order valence-electron chi connectivity index (χ0n) is 17.6. The molecule has 0 atom stereocenters. The van der Waals surface area contributed by atoms with Crippen LogP contribution < -0.4 is 16.0 Å². The van der Waals surface area contributed by atoms with Crippen LogP contribution in [0, 0.1) is 0 Å². The van der Waals surface area contributed by atoms with Crippen molar-refractivity contribution < 1.29 is 14.3 Å². The van der Waals surface area contributed by atoms with Crippen LogP contribution in [0.15, 0.2) is 29.3 Å². The SMILES string of the molecule is CCOCCOCc1cccc(CNC(=NC)NCC(=O)NC(C)(C)C)c1.I. The number of ether oxygens (including phenoxy) is 2. The fourth-order valence-electron chi connectivity index (χ4n) is 2.31. The maximum absolute atomic E-state index is 11.9. The van der Waals surface area contributed by atoms with Gasteiger partial charge in [0, 0.05) is 25.7 Å². The Labute approximate surface area is 186 Å². The summed E-state index contributed by atoms with van der Waals surface area (Å²) in [6, 6.07) is 8.17. The van der Waals surface area contributed by atoms with Crippen molar-refractivity contribution >= 4 is 35.8 Å². The molecule has 1 amide bonds. The molecule has 0 fully saturated rings. The van der Waals surface area contributed by atoms with E-state index in [1.165, 1.54) is 0 Å². The normalized spacial score (nSPS) is 11.5. The van der Waals surface area contributed by atoms with Crippen LogP contribution in [-0.4, -0.2) is 50.8 Å². The molecule has 28 heavy (non-hydrogen) atoms. The predicted molar refractivity (Wildman–Crippen MR) is 124 cm³/mol. The number of nitrogens with zero attached hydrogens (tertiary/aromatic N) is 1. The second-order valence-electron chi connectivity index (χ2n) is 7.15. The van der Waals surface area contributed by atoms with Gasteiger partial charge in [-0.05, 0) is 38.8 Å². The number of guanidine groups is 1. The molecule has 0 aromatic heterocycles. The Balaban J connectivity index is 0.00000729. The van der Waals surface area contributed by atoms with Gasteiger partial charge < -0.3 is 25.4 Å². The van der Waals surface area contributed by atoms with Crippen LogP contribution >= 0.6 is 24.0 Å². The van der Waals surface area contributed by atoms with Crippen molar-refractivity contribution in [3.63, 3.8) is 0 Å². The van der Waals surface area contributed by atoms with Crippen LogP contribution in [0.4, 0.5) is 0 Å². The second kappa shape index (κ2) is 14.6. The van der Waals surface area contributed by atoms with E-state index in [2.05, 4.69) is 27.0 Å². The molecule has 0 saturated heterocycles. The van der Waals surface area contributed by atoms with Crippen molar-refractivity contribution in [1.82, 2.24) is 16.0 Å². The lowest BCUT2D eigenvalue weighted by Crippen LogP contribution is -2.48. The lowest BCUT2D eigenvalue weighted by molar-refractivity contribution is -0.121. The van der Waals surface area contributed by atoms with Crippen LogP contribution in [0.25, 0.3) is 0 Å². The van der Waals surface area contributed by atoms with E-state index in [9.17, 15) is 4.79 Å². The molecule has 3 N–H and O–H groups in total. The molecular formula is C20H35IN4O3. The van der Waals surface area contributed by atoms with E-state index in [1.807, 2.05) is 45.9 Å². The second-order valence-corrected chi connectivity index (χ2v) is 7.15. The molecule has 8 heteroatoms. The number of nitrogens with one attached hydrogen (secondary N) is 3. The molecule has 0 radical (unpaired) electrons. The standard InChI is InChI=1S/C20H34N4O3.HI/c1-6-26-10-11-27-15-17-9-7-8-16(12-17)13-22-19(21-5)23-14-18(25)24-20(2,3)4;/h7-9,12H,6,10-11,13-15H2,1-5H3,(H,24,25)(H2,21,22,23);1H. The largest absolute Gasteiger partial charge is 0.379 e. The highest BCUT2D eigenvalue weighted by Crippen LogP contribution is 2.06. The Kier molecular flexibility index (Phi) is 13.9. The molecular weight excluding hydrogens is 471 g/mol. The van der Waals surface area contributed by atoms with Gasteiger partial charge in [0.25, 0.3) is 0 Å². The van der Waals surface area contributed by atoms with Crippen molar-refractivity contribution in [3.8, 4) is 0 Å². The van der Waals surface area contributed by atoms with E-state index in [-0.39, 0.29) is 42.0 Å². The minimum Gasteiger partial charge on any atom is -0.379 e. The summed E-state index contributed by atoms with van der Waals surface area (Å²) in [5.74, 6) is 0.508. The minimum absolute atomic E-state index is 0. The molecule has 0 bridgehead atoms. The molecule has 1 rings (SSSR count). The van der Waals surface area contributed by atoms with Crippen LogP contribution in [0.1, 0.15) is 38.8 Å². The monoisotopic (exact) mass is 506 g/mol. The van der Waals surface area contributed by atoms with Crippen molar-refractivity contribution in [1.29, 1.82) is 0 Å². The van der Waals surface area contributed by atoms with E-state index in [4.69, 9.17) is 9.47 Å². The van der Waals surface area contributed by atoms with E-state index >= 15 is 0 Å². The number of aliphatic imine (C=N–C) groups is 1. The molecule has 0 aliphatic rings. The number of halogens is 1. The third kappa shape index (κ3) is 12.9. The number of amides is 1. The number of benzene rings is 1. The molecule has 0 heterocycles. The predicted octanol–water partition coefficient (Wildman–Crippen LogP) is 2.44. The summed E-state index contributed by atoms with van der Waals surface area (Å²) >= 11 is 0. The smallest absolute Gasteiger partial charge is 0.239 e. The summed E-state index contributed by atoms with van der Waals surface area (Å²) in [6.07, 6.45) is 0. The Morgan fingerprint density at radius 1 is 1.11 bits per heavy atom. The zero-order valence-corrected chi connectivity index (χ0v) is 20.0.